The molecule has 0 spiro atoms. The molecule has 2 N–H and O–H groups in total. The molecule has 0 bridgehead atoms. The van der Waals surface area contributed by atoms with E-state index in [9.17, 15) is 0 Å². The van der Waals surface area contributed by atoms with Gasteiger partial charge in [0.05, 0.1) is 16.8 Å². The number of rotatable bonds is 6. The summed E-state index contributed by atoms with van der Waals surface area (Å²) < 4.78 is 2.12. The number of hydrogen-bond donors (Lipinski definition) is 2. The molecule has 1 atom stereocenters. The van der Waals surface area contributed by atoms with E-state index in [0.29, 0.717) is 16.9 Å². The first-order valence-corrected chi connectivity index (χ1v) is 10.7. The van der Waals surface area contributed by atoms with Crippen LogP contribution in [0.5, 0.6) is 0 Å². The number of aryl methyl sites for hydroxylation is 3. The molecule has 28 heavy (non-hydrogen) atoms. The Morgan fingerprint density at radius 3 is 2.57 bits per heavy atom. The lowest BCUT2D eigenvalue weighted by atomic mass is 10.2. The Hall–Kier alpha value is -2.19. The minimum absolute atomic E-state index is 0.342. The normalized spacial score (nSPS) is 12.2. The van der Waals surface area contributed by atoms with Crippen LogP contribution in [0.3, 0.4) is 0 Å². The Balaban J connectivity index is 1.74. The minimum atomic E-state index is 0.342. The Labute approximate surface area is 175 Å². The predicted octanol–water partition coefficient (Wildman–Crippen LogP) is 4.36. The van der Waals surface area contributed by atoms with E-state index >= 15 is 0 Å². The predicted molar refractivity (Wildman–Crippen MR) is 121 cm³/mol. The van der Waals surface area contributed by atoms with Gasteiger partial charge in [-0.3, -0.25) is 0 Å². The van der Waals surface area contributed by atoms with E-state index in [-0.39, 0.29) is 0 Å². The molecule has 2 heterocycles. The zero-order valence-corrected chi connectivity index (χ0v) is 18.5. The van der Waals surface area contributed by atoms with Crippen LogP contribution in [0.2, 0.25) is 0 Å². The summed E-state index contributed by atoms with van der Waals surface area (Å²) in [5.41, 5.74) is 4.93. The highest BCUT2D eigenvalue weighted by Crippen LogP contribution is 2.24. The number of thiocarbonyl (C=S) groups is 1. The molecule has 0 saturated heterocycles. The van der Waals surface area contributed by atoms with Crippen LogP contribution in [0.25, 0.3) is 11.0 Å². The van der Waals surface area contributed by atoms with Crippen molar-refractivity contribution in [3.05, 3.63) is 41.5 Å². The van der Waals surface area contributed by atoms with Gasteiger partial charge < -0.3 is 15.2 Å². The maximum atomic E-state index is 5.38. The molecular weight excluding hydrogens is 388 g/mol. The summed E-state index contributed by atoms with van der Waals surface area (Å²) in [6.07, 6.45) is 1.02. The summed E-state index contributed by atoms with van der Waals surface area (Å²) in [6, 6.07) is 8.45. The number of imidazole rings is 1. The Morgan fingerprint density at radius 1 is 1.18 bits per heavy atom. The van der Waals surface area contributed by atoms with Crippen molar-refractivity contribution in [2.45, 2.75) is 51.1 Å². The molecule has 0 amide bonds. The molecule has 0 aliphatic carbocycles. The first-order valence-electron chi connectivity index (χ1n) is 9.33. The smallest absolute Gasteiger partial charge is 0.188 e. The molecule has 3 aromatic rings. The van der Waals surface area contributed by atoms with Crippen molar-refractivity contribution >= 4 is 45.8 Å². The molecule has 1 aromatic carbocycles. The van der Waals surface area contributed by atoms with E-state index in [4.69, 9.17) is 17.2 Å². The number of hydrogen-bond acceptors (Lipinski definition) is 5. The highest BCUT2D eigenvalue weighted by molar-refractivity contribution is 7.98. The summed E-state index contributed by atoms with van der Waals surface area (Å²) in [4.78, 5) is 13.8. The Morgan fingerprint density at radius 2 is 1.89 bits per heavy atom. The van der Waals surface area contributed by atoms with Crippen LogP contribution in [0.4, 0.5) is 5.69 Å². The average molecular weight is 415 g/mol. The van der Waals surface area contributed by atoms with Crippen LogP contribution >= 0.6 is 24.0 Å². The van der Waals surface area contributed by atoms with Crippen molar-refractivity contribution < 1.29 is 0 Å². The van der Waals surface area contributed by atoms with Gasteiger partial charge in [-0.05, 0) is 63.7 Å². The lowest BCUT2D eigenvalue weighted by molar-refractivity contribution is 0.646. The van der Waals surface area contributed by atoms with E-state index in [1.165, 1.54) is 0 Å². The first-order chi connectivity index (χ1) is 13.4. The topological polar surface area (TPSA) is 67.7 Å². The molecule has 3 rings (SSSR count). The third-order valence-corrected chi connectivity index (χ3v) is 5.58. The van der Waals surface area contributed by atoms with Gasteiger partial charge in [-0.15, -0.1) is 0 Å². The lowest BCUT2D eigenvalue weighted by Crippen LogP contribution is -2.35. The highest BCUT2D eigenvalue weighted by Gasteiger charge is 2.11. The van der Waals surface area contributed by atoms with Crippen LogP contribution in [-0.2, 0) is 12.8 Å². The van der Waals surface area contributed by atoms with Gasteiger partial charge in [-0.2, -0.15) is 0 Å². The standard InChI is InChI=1S/C20H26N6S2/c1-6-12(2)21-19(27)24-15-7-8-17-16(10-15)25-18(26(17)5)11-28-20-22-13(3)9-14(4)23-20/h7-10,12H,6,11H2,1-5H3,(H2,21,24,27). The molecule has 0 radical (unpaired) electrons. The van der Waals surface area contributed by atoms with Crippen molar-refractivity contribution in [2.75, 3.05) is 5.32 Å². The van der Waals surface area contributed by atoms with Crippen molar-refractivity contribution in [3.8, 4) is 0 Å². The molecule has 8 heteroatoms. The van der Waals surface area contributed by atoms with Crippen molar-refractivity contribution in [1.29, 1.82) is 0 Å². The first kappa shape index (κ1) is 20.5. The highest BCUT2D eigenvalue weighted by atomic mass is 32.2. The fourth-order valence-electron chi connectivity index (χ4n) is 2.84. The number of nitrogens with zero attached hydrogens (tertiary/aromatic N) is 4. The van der Waals surface area contributed by atoms with Gasteiger partial charge in [-0.25, -0.2) is 15.0 Å². The third kappa shape index (κ3) is 4.99. The monoisotopic (exact) mass is 414 g/mol. The molecule has 0 aliphatic rings. The van der Waals surface area contributed by atoms with E-state index in [0.717, 1.165) is 45.5 Å². The van der Waals surface area contributed by atoms with Crippen molar-refractivity contribution in [3.63, 3.8) is 0 Å². The zero-order chi connectivity index (χ0) is 20.3. The SMILES string of the molecule is CCC(C)NC(=S)Nc1ccc2c(c1)nc(CSc1nc(C)cc(C)n1)n2C. The number of nitrogens with one attached hydrogen (secondary N) is 2. The van der Waals surface area contributed by atoms with E-state index in [2.05, 4.69) is 45.1 Å². The van der Waals surface area contributed by atoms with Gasteiger partial charge in [0, 0.05) is 30.2 Å². The number of benzene rings is 1. The fourth-order valence-corrected chi connectivity index (χ4v) is 4.09. The largest absolute Gasteiger partial charge is 0.360 e. The molecule has 148 valence electrons. The van der Waals surface area contributed by atoms with Crippen LogP contribution in [0.1, 0.15) is 37.5 Å². The van der Waals surface area contributed by atoms with E-state index in [1.807, 2.05) is 39.1 Å². The summed E-state index contributed by atoms with van der Waals surface area (Å²) in [6.45, 7) is 8.22. The second-order valence-corrected chi connectivity index (χ2v) is 8.27. The second kappa shape index (κ2) is 8.87. The van der Waals surface area contributed by atoms with E-state index < -0.39 is 0 Å². The molecule has 0 aliphatic heterocycles. The Kier molecular flexibility index (Phi) is 6.51. The summed E-state index contributed by atoms with van der Waals surface area (Å²) in [5, 5.41) is 7.93. The quantitative estimate of drug-likeness (QED) is 0.353. The van der Waals surface area contributed by atoms with Gasteiger partial charge in [0.25, 0.3) is 0 Å². The second-order valence-electron chi connectivity index (χ2n) is 6.92. The summed E-state index contributed by atoms with van der Waals surface area (Å²) in [5.74, 6) is 1.70. The van der Waals surface area contributed by atoms with Crippen molar-refractivity contribution in [1.82, 2.24) is 24.8 Å². The maximum Gasteiger partial charge on any atom is 0.188 e. The number of fused-ring (bicyclic) bond motifs is 1. The molecule has 0 saturated carbocycles. The van der Waals surface area contributed by atoms with Gasteiger partial charge in [0.1, 0.15) is 5.82 Å². The fraction of sp³-hybridized carbons (Fsp3) is 0.400. The van der Waals surface area contributed by atoms with Crippen LogP contribution < -0.4 is 10.6 Å². The van der Waals surface area contributed by atoms with E-state index in [1.54, 1.807) is 11.8 Å². The van der Waals surface area contributed by atoms with Crippen LogP contribution in [0.15, 0.2) is 29.4 Å². The molecule has 0 fully saturated rings. The van der Waals surface area contributed by atoms with Crippen molar-refractivity contribution in [2.24, 2.45) is 7.05 Å². The maximum absolute atomic E-state index is 5.38. The van der Waals surface area contributed by atoms with Gasteiger partial charge >= 0.3 is 0 Å². The molecule has 2 aromatic heterocycles. The van der Waals surface area contributed by atoms with Crippen LogP contribution in [-0.4, -0.2) is 30.7 Å². The summed E-state index contributed by atoms with van der Waals surface area (Å²) in [7, 11) is 2.04. The summed E-state index contributed by atoms with van der Waals surface area (Å²) >= 11 is 6.99. The third-order valence-electron chi connectivity index (χ3n) is 4.51. The molecule has 6 nitrogen and oxygen atoms in total. The minimum Gasteiger partial charge on any atom is -0.360 e. The number of thioether (sulfide) groups is 1. The van der Waals surface area contributed by atoms with Gasteiger partial charge in [0.15, 0.2) is 10.3 Å². The van der Waals surface area contributed by atoms with Crippen LogP contribution in [0, 0.1) is 13.8 Å². The average Bonchev–Trinajstić information content (AvgIpc) is 2.94. The molecule has 1 unspecified atom stereocenters. The number of anilines is 1. The molecular formula is C20H26N6S2. The lowest BCUT2D eigenvalue weighted by Gasteiger charge is -2.15. The Bertz CT molecular complexity index is 978. The van der Waals surface area contributed by atoms with Gasteiger partial charge in [0.2, 0.25) is 0 Å². The zero-order valence-electron chi connectivity index (χ0n) is 16.9. The van der Waals surface area contributed by atoms with Gasteiger partial charge in [-0.1, -0.05) is 18.7 Å². The number of aromatic nitrogens is 4.